The van der Waals surface area contributed by atoms with Crippen molar-refractivity contribution in [2.45, 2.75) is 25.8 Å². The molecule has 0 amide bonds. The van der Waals surface area contributed by atoms with Gasteiger partial charge in [-0.3, -0.25) is 4.79 Å². The minimum atomic E-state index is 0.118. The molecular formula is C22H19N7O. The topological polar surface area (TPSA) is 109 Å². The summed E-state index contributed by atoms with van der Waals surface area (Å²) in [5.41, 5.74) is 5.60. The predicted molar refractivity (Wildman–Crippen MR) is 112 cm³/mol. The number of nitrogens with zero attached hydrogens (tertiary/aromatic N) is 5. The molecule has 0 atom stereocenters. The van der Waals surface area contributed by atoms with E-state index in [1.807, 2.05) is 24.3 Å². The van der Waals surface area contributed by atoms with Gasteiger partial charge in [-0.25, -0.2) is 9.97 Å². The van der Waals surface area contributed by atoms with E-state index in [0.717, 1.165) is 40.8 Å². The minimum Gasteiger partial charge on any atom is -0.365 e. The van der Waals surface area contributed by atoms with Gasteiger partial charge in [0.25, 0.3) is 0 Å². The van der Waals surface area contributed by atoms with Crippen LogP contribution in [0.25, 0.3) is 22.5 Å². The number of aromatic amines is 1. The third-order valence-corrected chi connectivity index (χ3v) is 5.26. The zero-order chi connectivity index (χ0) is 20.3. The fourth-order valence-electron chi connectivity index (χ4n) is 3.77. The van der Waals surface area contributed by atoms with E-state index in [1.54, 1.807) is 0 Å². The zero-order valence-electron chi connectivity index (χ0n) is 16.2. The Hall–Kier alpha value is -3.94. The second-order valence-corrected chi connectivity index (χ2v) is 7.15. The van der Waals surface area contributed by atoms with Crippen LogP contribution in [0.15, 0.2) is 54.9 Å². The van der Waals surface area contributed by atoms with Crippen molar-refractivity contribution in [3.05, 3.63) is 71.7 Å². The molecule has 2 N–H and O–H groups in total. The summed E-state index contributed by atoms with van der Waals surface area (Å²) in [5.74, 6) is 1.30. The van der Waals surface area contributed by atoms with E-state index in [0.29, 0.717) is 30.2 Å². The minimum absolute atomic E-state index is 0.118. The summed E-state index contributed by atoms with van der Waals surface area (Å²) in [7, 11) is 0. The number of H-pyrrole nitrogens is 1. The summed E-state index contributed by atoms with van der Waals surface area (Å²) >= 11 is 0. The van der Waals surface area contributed by atoms with Crippen molar-refractivity contribution >= 4 is 11.6 Å². The molecule has 148 valence electrons. The number of anilines is 1. The average Bonchev–Trinajstić information content (AvgIpc) is 3.33. The molecule has 0 saturated carbocycles. The SMILES string of the molecule is O=C1CCCc2ncnc(NCc3ccc(-c4ccccc4-c4nn[nH]n4)cc3)c21. The summed E-state index contributed by atoms with van der Waals surface area (Å²) in [6.07, 6.45) is 3.77. The Morgan fingerprint density at radius 2 is 1.80 bits per heavy atom. The number of Topliss-reactive ketones (excluding diaryl/α,β-unsaturated/α-hetero) is 1. The van der Waals surface area contributed by atoms with Gasteiger partial charge >= 0.3 is 0 Å². The molecule has 30 heavy (non-hydrogen) atoms. The second kappa shape index (κ2) is 7.82. The number of aryl methyl sites for hydroxylation is 1. The van der Waals surface area contributed by atoms with Crippen molar-refractivity contribution in [3.8, 4) is 22.5 Å². The molecule has 0 saturated heterocycles. The molecule has 2 aromatic heterocycles. The van der Waals surface area contributed by atoms with E-state index in [-0.39, 0.29) is 5.78 Å². The van der Waals surface area contributed by atoms with E-state index in [1.165, 1.54) is 6.33 Å². The Morgan fingerprint density at radius 1 is 0.967 bits per heavy atom. The number of aromatic nitrogens is 6. The molecule has 0 fully saturated rings. The van der Waals surface area contributed by atoms with Gasteiger partial charge in [-0.05, 0) is 34.7 Å². The van der Waals surface area contributed by atoms with Gasteiger partial charge < -0.3 is 5.32 Å². The number of ketones is 1. The molecule has 2 heterocycles. The average molecular weight is 397 g/mol. The van der Waals surface area contributed by atoms with Crippen molar-refractivity contribution in [2.75, 3.05) is 5.32 Å². The Morgan fingerprint density at radius 3 is 2.60 bits per heavy atom. The second-order valence-electron chi connectivity index (χ2n) is 7.15. The summed E-state index contributed by atoms with van der Waals surface area (Å²) in [6, 6.07) is 16.2. The molecule has 0 spiro atoms. The Kier molecular flexibility index (Phi) is 4.72. The highest BCUT2D eigenvalue weighted by molar-refractivity contribution is 6.02. The lowest BCUT2D eigenvalue weighted by Crippen LogP contribution is -2.17. The van der Waals surface area contributed by atoms with E-state index in [4.69, 9.17) is 0 Å². The van der Waals surface area contributed by atoms with E-state index in [2.05, 4.69) is 60.2 Å². The number of nitrogens with one attached hydrogen (secondary N) is 2. The molecule has 8 nitrogen and oxygen atoms in total. The number of benzene rings is 2. The number of hydrogen-bond acceptors (Lipinski definition) is 7. The van der Waals surface area contributed by atoms with Crippen LogP contribution in [-0.4, -0.2) is 36.4 Å². The van der Waals surface area contributed by atoms with E-state index >= 15 is 0 Å². The molecular weight excluding hydrogens is 378 g/mol. The van der Waals surface area contributed by atoms with Crippen LogP contribution in [0.5, 0.6) is 0 Å². The molecule has 1 aliphatic rings. The van der Waals surface area contributed by atoms with Crippen LogP contribution in [0.4, 0.5) is 5.82 Å². The number of hydrogen-bond donors (Lipinski definition) is 2. The lowest BCUT2D eigenvalue weighted by molar-refractivity contribution is 0.0972. The molecule has 0 bridgehead atoms. The van der Waals surface area contributed by atoms with Gasteiger partial charge in [0.15, 0.2) is 5.78 Å². The Labute approximate surface area is 172 Å². The number of carbonyl (C=O) groups excluding carboxylic acids is 1. The lowest BCUT2D eigenvalue weighted by Gasteiger charge is -2.17. The molecule has 0 radical (unpaired) electrons. The smallest absolute Gasteiger partial charge is 0.205 e. The fraction of sp³-hybridized carbons (Fsp3) is 0.182. The van der Waals surface area contributed by atoms with Gasteiger partial charge in [-0.15, -0.1) is 10.2 Å². The molecule has 0 unspecified atom stereocenters. The number of fused-ring (bicyclic) bond motifs is 1. The number of tetrazole rings is 1. The fourth-order valence-corrected chi connectivity index (χ4v) is 3.77. The summed E-state index contributed by atoms with van der Waals surface area (Å²) < 4.78 is 0. The first kappa shape index (κ1) is 18.1. The van der Waals surface area contributed by atoms with Crippen molar-refractivity contribution in [2.24, 2.45) is 0 Å². The largest absolute Gasteiger partial charge is 0.365 e. The van der Waals surface area contributed by atoms with Crippen LogP contribution >= 0.6 is 0 Å². The highest BCUT2D eigenvalue weighted by Gasteiger charge is 2.22. The maximum atomic E-state index is 12.3. The van der Waals surface area contributed by atoms with Gasteiger partial charge in [0.2, 0.25) is 5.82 Å². The number of carbonyl (C=O) groups is 1. The first-order valence-electron chi connectivity index (χ1n) is 9.83. The van der Waals surface area contributed by atoms with Crippen molar-refractivity contribution in [3.63, 3.8) is 0 Å². The van der Waals surface area contributed by atoms with Gasteiger partial charge in [0.05, 0.1) is 11.3 Å². The van der Waals surface area contributed by atoms with E-state index < -0.39 is 0 Å². The summed E-state index contributed by atoms with van der Waals surface area (Å²) in [4.78, 5) is 20.9. The highest BCUT2D eigenvalue weighted by atomic mass is 16.1. The molecule has 1 aliphatic carbocycles. The molecule has 8 heteroatoms. The first-order valence-corrected chi connectivity index (χ1v) is 9.83. The summed E-state index contributed by atoms with van der Waals surface area (Å²) in [5, 5.41) is 17.7. The van der Waals surface area contributed by atoms with Crippen molar-refractivity contribution in [1.82, 2.24) is 30.6 Å². The molecule has 4 aromatic rings. The van der Waals surface area contributed by atoms with Crippen LogP contribution < -0.4 is 5.32 Å². The third kappa shape index (κ3) is 3.43. The predicted octanol–water partition coefficient (Wildman–Crippen LogP) is 3.45. The van der Waals surface area contributed by atoms with Crippen LogP contribution in [0.2, 0.25) is 0 Å². The van der Waals surface area contributed by atoms with Crippen LogP contribution in [0.1, 0.15) is 34.5 Å². The van der Waals surface area contributed by atoms with Crippen LogP contribution in [-0.2, 0) is 13.0 Å². The zero-order valence-corrected chi connectivity index (χ0v) is 16.2. The van der Waals surface area contributed by atoms with Crippen LogP contribution in [0, 0.1) is 0 Å². The lowest BCUT2D eigenvalue weighted by atomic mass is 9.95. The van der Waals surface area contributed by atoms with Crippen molar-refractivity contribution < 1.29 is 4.79 Å². The Bertz CT molecular complexity index is 1190. The molecule has 5 rings (SSSR count). The monoisotopic (exact) mass is 397 g/mol. The third-order valence-electron chi connectivity index (χ3n) is 5.26. The maximum Gasteiger partial charge on any atom is 0.205 e. The van der Waals surface area contributed by atoms with Crippen molar-refractivity contribution in [1.29, 1.82) is 0 Å². The molecule has 2 aromatic carbocycles. The van der Waals surface area contributed by atoms with Crippen LogP contribution in [0.3, 0.4) is 0 Å². The first-order chi connectivity index (χ1) is 14.8. The van der Waals surface area contributed by atoms with Gasteiger partial charge in [-0.2, -0.15) is 5.21 Å². The van der Waals surface area contributed by atoms with Gasteiger partial charge in [0, 0.05) is 18.5 Å². The summed E-state index contributed by atoms with van der Waals surface area (Å²) in [6.45, 7) is 0.573. The van der Waals surface area contributed by atoms with Gasteiger partial charge in [0.1, 0.15) is 12.1 Å². The van der Waals surface area contributed by atoms with Gasteiger partial charge in [-0.1, -0.05) is 48.5 Å². The molecule has 0 aliphatic heterocycles. The highest BCUT2D eigenvalue weighted by Crippen LogP contribution is 2.30. The maximum absolute atomic E-state index is 12.3. The standard InChI is InChI=1S/C22H19N7O/c30-19-7-3-6-18-20(19)22(25-13-24-18)23-12-14-8-10-15(11-9-14)16-4-1-2-5-17(16)21-26-28-29-27-21/h1-2,4-5,8-11,13H,3,6-7,12H2,(H,23,24,25)(H,26,27,28,29). The quantitative estimate of drug-likeness (QED) is 0.531. The normalized spacial score (nSPS) is 13.1. The Balaban J connectivity index is 1.36. The number of rotatable bonds is 5. The van der Waals surface area contributed by atoms with E-state index in [9.17, 15) is 4.79 Å².